The molecule has 0 spiro atoms. The molecule has 3 aliphatic carbocycles. The first-order valence-electron chi connectivity index (χ1n) is 13.8. The Labute approximate surface area is 246 Å². The standard InChI is InChI=1S/C26H30ClN9O3S2/c1-24(5-6-24)33-41(38,39)16-13-17(34-9-11-35(12-10-34)23(37)26(29)3-2-4-26)18-19(27)30-20(36(18)14-16)21-31-32-22(40-21)25(15-28)7-8-25/h13-14,33H,2-12,29H2,1H3. The topological polar surface area (TPSA) is 163 Å². The molecular weight excluding hydrogens is 586 g/mol. The Morgan fingerprint density at radius 3 is 2.44 bits per heavy atom. The van der Waals surface area contributed by atoms with E-state index in [-0.39, 0.29) is 16.0 Å². The highest BCUT2D eigenvalue weighted by molar-refractivity contribution is 7.89. The van der Waals surface area contributed by atoms with Crippen molar-refractivity contribution in [1.29, 1.82) is 5.26 Å². The summed E-state index contributed by atoms with van der Waals surface area (Å²) in [5, 5.41) is 19.5. The zero-order chi connectivity index (χ0) is 28.8. The first-order chi connectivity index (χ1) is 19.5. The molecule has 0 unspecified atom stereocenters. The Bertz CT molecular complexity index is 1720. The molecule has 0 aromatic carbocycles. The van der Waals surface area contributed by atoms with E-state index in [9.17, 15) is 18.5 Å². The lowest BCUT2D eigenvalue weighted by Crippen LogP contribution is -2.62. The Morgan fingerprint density at radius 2 is 1.85 bits per heavy atom. The number of imidazole rings is 1. The number of hydrogen-bond donors (Lipinski definition) is 2. The van der Waals surface area contributed by atoms with Crippen LogP contribution in [0.1, 0.15) is 56.9 Å². The number of fused-ring (bicyclic) bond motifs is 1. The molecule has 3 saturated carbocycles. The molecule has 1 aliphatic heterocycles. The summed E-state index contributed by atoms with van der Waals surface area (Å²) in [4.78, 5) is 21.5. The van der Waals surface area contributed by atoms with Crippen LogP contribution in [0.5, 0.6) is 0 Å². The van der Waals surface area contributed by atoms with Gasteiger partial charge < -0.3 is 15.5 Å². The first-order valence-corrected chi connectivity index (χ1v) is 16.5. The molecule has 0 atom stereocenters. The van der Waals surface area contributed by atoms with E-state index in [1.54, 1.807) is 15.4 Å². The Balaban J connectivity index is 1.28. The number of sulfonamides is 1. The van der Waals surface area contributed by atoms with Crippen molar-refractivity contribution in [2.75, 3.05) is 31.1 Å². The lowest BCUT2D eigenvalue weighted by Gasteiger charge is -2.43. The van der Waals surface area contributed by atoms with E-state index in [0.717, 1.165) is 32.1 Å². The smallest absolute Gasteiger partial charge is 0.242 e. The van der Waals surface area contributed by atoms with Crippen LogP contribution in [0.4, 0.5) is 5.69 Å². The van der Waals surface area contributed by atoms with Gasteiger partial charge in [-0.05, 0) is 57.9 Å². The summed E-state index contributed by atoms with van der Waals surface area (Å²) in [7, 11) is -3.87. The van der Waals surface area contributed by atoms with Crippen LogP contribution in [-0.2, 0) is 20.2 Å². The van der Waals surface area contributed by atoms with Crippen LogP contribution >= 0.6 is 22.9 Å². The monoisotopic (exact) mass is 615 g/mol. The zero-order valence-corrected chi connectivity index (χ0v) is 24.9. The fourth-order valence-electron chi connectivity index (χ4n) is 5.58. The van der Waals surface area contributed by atoms with Crippen molar-refractivity contribution < 1.29 is 13.2 Å². The largest absolute Gasteiger partial charge is 0.366 e. The van der Waals surface area contributed by atoms with Gasteiger partial charge in [-0.2, -0.15) is 5.26 Å². The van der Waals surface area contributed by atoms with Crippen molar-refractivity contribution in [3.05, 3.63) is 22.4 Å². The maximum Gasteiger partial charge on any atom is 0.242 e. The Hall–Kier alpha value is -2.83. The molecule has 0 radical (unpaired) electrons. The maximum absolute atomic E-state index is 13.6. The predicted molar refractivity (Wildman–Crippen MR) is 153 cm³/mol. The molecule has 15 heteroatoms. The van der Waals surface area contributed by atoms with E-state index in [0.29, 0.717) is 66.1 Å². The fourth-order valence-corrected chi connectivity index (χ4v) is 8.36. The number of nitrogens with one attached hydrogen (secondary N) is 1. The van der Waals surface area contributed by atoms with Crippen molar-refractivity contribution in [2.45, 2.75) is 73.3 Å². The third-order valence-corrected chi connectivity index (χ3v) is 11.9. The molecule has 7 rings (SSSR count). The van der Waals surface area contributed by atoms with E-state index in [4.69, 9.17) is 17.3 Å². The van der Waals surface area contributed by atoms with E-state index in [1.165, 1.54) is 17.5 Å². The van der Waals surface area contributed by atoms with Gasteiger partial charge in [0.15, 0.2) is 16.0 Å². The molecule has 4 fully saturated rings. The van der Waals surface area contributed by atoms with Crippen molar-refractivity contribution in [1.82, 2.24) is 29.2 Å². The molecule has 12 nitrogen and oxygen atoms in total. The molecule has 4 heterocycles. The number of nitrogens with two attached hydrogens (primary N) is 1. The summed E-state index contributed by atoms with van der Waals surface area (Å²) in [5.41, 5.74) is 5.64. The number of aromatic nitrogens is 4. The SMILES string of the molecule is CC1(NS(=O)(=O)c2cc(N3CCN(C(=O)C4(N)CCC4)CC3)c3c(Cl)nc(-c4nnc(C5(C#N)CC5)s4)n3c2)CC1. The number of pyridine rings is 1. The number of anilines is 1. The molecule has 1 saturated heterocycles. The second-order valence-corrected chi connectivity index (χ2v) is 15.1. The second-order valence-electron chi connectivity index (χ2n) is 12.1. The van der Waals surface area contributed by atoms with Gasteiger partial charge in [0.1, 0.15) is 20.8 Å². The van der Waals surface area contributed by atoms with Gasteiger partial charge in [0.05, 0.1) is 17.3 Å². The quantitative estimate of drug-likeness (QED) is 0.406. The van der Waals surface area contributed by atoms with Crippen molar-refractivity contribution >= 4 is 50.1 Å². The number of nitrogens with zero attached hydrogens (tertiary/aromatic N) is 7. The van der Waals surface area contributed by atoms with Crippen LogP contribution in [0.25, 0.3) is 16.3 Å². The summed E-state index contributed by atoms with van der Waals surface area (Å²) < 4.78 is 31.6. The highest BCUT2D eigenvalue weighted by Crippen LogP contribution is 2.49. The Kier molecular flexibility index (Phi) is 5.99. The van der Waals surface area contributed by atoms with Crippen LogP contribution in [0.2, 0.25) is 5.15 Å². The number of nitriles is 1. The van der Waals surface area contributed by atoms with Crippen LogP contribution < -0.4 is 15.4 Å². The first kappa shape index (κ1) is 27.0. The number of carbonyl (C=O) groups excluding carboxylic acids is 1. The van der Waals surface area contributed by atoms with Gasteiger partial charge in [-0.3, -0.25) is 9.20 Å². The molecule has 3 aromatic heterocycles. The maximum atomic E-state index is 13.6. The van der Waals surface area contributed by atoms with E-state index in [1.807, 2.05) is 11.8 Å². The zero-order valence-electron chi connectivity index (χ0n) is 22.6. The van der Waals surface area contributed by atoms with E-state index >= 15 is 0 Å². The van der Waals surface area contributed by atoms with Gasteiger partial charge in [-0.25, -0.2) is 18.1 Å². The fraction of sp³-hybridized carbons (Fsp3) is 0.577. The van der Waals surface area contributed by atoms with Crippen LogP contribution in [0.15, 0.2) is 17.2 Å². The number of halogens is 1. The number of hydrogen-bond acceptors (Lipinski definition) is 10. The van der Waals surface area contributed by atoms with Gasteiger partial charge in [0.2, 0.25) is 15.9 Å². The summed E-state index contributed by atoms with van der Waals surface area (Å²) in [6.45, 7) is 3.78. The molecule has 41 heavy (non-hydrogen) atoms. The van der Waals surface area contributed by atoms with Gasteiger partial charge in [0, 0.05) is 37.9 Å². The van der Waals surface area contributed by atoms with Gasteiger partial charge in [-0.15, -0.1) is 10.2 Å². The summed E-state index contributed by atoms with van der Waals surface area (Å²) in [5.74, 6) is 0.344. The summed E-state index contributed by atoms with van der Waals surface area (Å²) in [6.07, 6.45) is 6.91. The lowest BCUT2D eigenvalue weighted by atomic mass is 9.76. The van der Waals surface area contributed by atoms with Gasteiger partial charge in [-0.1, -0.05) is 22.9 Å². The van der Waals surface area contributed by atoms with Crippen LogP contribution in [0.3, 0.4) is 0 Å². The van der Waals surface area contributed by atoms with E-state index < -0.39 is 26.5 Å². The second kappa shape index (κ2) is 9.08. The minimum atomic E-state index is -3.87. The number of piperazine rings is 1. The molecule has 0 bridgehead atoms. The number of carbonyl (C=O) groups is 1. The third kappa shape index (κ3) is 4.49. The van der Waals surface area contributed by atoms with Crippen molar-refractivity contribution in [3.63, 3.8) is 0 Å². The predicted octanol–water partition coefficient (Wildman–Crippen LogP) is 2.42. The highest BCUT2D eigenvalue weighted by Gasteiger charge is 2.48. The lowest BCUT2D eigenvalue weighted by molar-refractivity contribution is -0.140. The van der Waals surface area contributed by atoms with Gasteiger partial charge >= 0.3 is 0 Å². The Morgan fingerprint density at radius 1 is 1.15 bits per heavy atom. The summed E-state index contributed by atoms with van der Waals surface area (Å²) >= 11 is 8.01. The molecule has 3 N–H and O–H groups in total. The van der Waals surface area contributed by atoms with Crippen LogP contribution in [-0.4, -0.2) is 76.1 Å². The minimum absolute atomic E-state index is 0.0192. The molecule has 3 aromatic rings. The molecule has 1 amide bonds. The summed E-state index contributed by atoms with van der Waals surface area (Å²) in [6, 6.07) is 3.97. The third-order valence-electron chi connectivity index (χ3n) is 8.91. The average molecular weight is 616 g/mol. The van der Waals surface area contributed by atoms with Gasteiger partial charge in [0.25, 0.3) is 0 Å². The molecule has 4 aliphatic rings. The normalized spacial score (nSPS) is 22.3. The van der Waals surface area contributed by atoms with E-state index in [2.05, 4.69) is 26.0 Å². The molecule has 216 valence electrons. The van der Waals surface area contributed by atoms with Crippen molar-refractivity contribution in [3.8, 4) is 16.9 Å². The van der Waals surface area contributed by atoms with Crippen LogP contribution in [0, 0.1) is 11.3 Å². The van der Waals surface area contributed by atoms with Crippen molar-refractivity contribution in [2.24, 2.45) is 5.73 Å². The average Bonchev–Trinajstić information content (AvgIpc) is 3.80. The number of amides is 1. The molecular formula is C26H30ClN9O3S2. The highest BCUT2D eigenvalue weighted by atomic mass is 35.5. The number of rotatable bonds is 7. The minimum Gasteiger partial charge on any atom is -0.366 e.